The van der Waals surface area contributed by atoms with Crippen LogP contribution in [-0.2, 0) is 21.5 Å². The van der Waals surface area contributed by atoms with E-state index in [1.807, 2.05) is 30.6 Å². The molecule has 1 aliphatic carbocycles. The molecular formula is C20H28N4O3S. The molecule has 0 radical (unpaired) electrons. The van der Waals surface area contributed by atoms with Gasteiger partial charge in [0.1, 0.15) is 0 Å². The molecule has 0 aromatic carbocycles. The van der Waals surface area contributed by atoms with Gasteiger partial charge in [-0.1, -0.05) is 32.5 Å². The normalized spacial score (nSPS) is 22.8. The van der Waals surface area contributed by atoms with Crippen LogP contribution in [0.25, 0.3) is 0 Å². The number of amides is 2. The van der Waals surface area contributed by atoms with Crippen molar-refractivity contribution in [2.24, 2.45) is 11.8 Å². The molecule has 2 aliphatic heterocycles. The minimum atomic E-state index is -0.219. The fourth-order valence-electron chi connectivity index (χ4n) is 3.74. The first-order valence-corrected chi connectivity index (χ1v) is 11.1. The second kappa shape index (κ2) is 7.21. The Morgan fingerprint density at radius 2 is 1.61 bits per heavy atom. The lowest BCUT2D eigenvalue weighted by Gasteiger charge is -2.37. The van der Waals surface area contributed by atoms with Crippen LogP contribution < -0.4 is 5.56 Å². The smallest absolute Gasteiger partial charge is 0.254 e. The third-order valence-corrected chi connectivity index (χ3v) is 6.88. The number of hydrogen-bond donors (Lipinski definition) is 0. The van der Waals surface area contributed by atoms with Gasteiger partial charge in [-0.2, -0.15) is 0 Å². The van der Waals surface area contributed by atoms with E-state index in [-0.39, 0.29) is 34.6 Å². The third kappa shape index (κ3) is 3.83. The van der Waals surface area contributed by atoms with E-state index in [2.05, 4.69) is 4.98 Å². The van der Waals surface area contributed by atoms with Crippen molar-refractivity contribution in [3.8, 4) is 0 Å². The number of nitrogens with zero attached hydrogens (tertiary/aromatic N) is 4. The molecule has 0 spiro atoms. The van der Waals surface area contributed by atoms with E-state index < -0.39 is 0 Å². The maximum atomic E-state index is 13.0. The summed E-state index contributed by atoms with van der Waals surface area (Å²) in [5.41, 5.74) is 0.525. The van der Waals surface area contributed by atoms with E-state index >= 15 is 0 Å². The van der Waals surface area contributed by atoms with Crippen molar-refractivity contribution >= 4 is 23.6 Å². The van der Waals surface area contributed by atoms with E-state index in [0.29, 0.717) is 43.6 Å². The number of carbonyl (C=O) groups is 2. The van der Waals surface area contributed by atoms with Crippen LogP contribution in [0.2, 0.25) is 0 Å². The van der Waals surface area contributed by atoms with Gasteiger partial charge < -0.3 is 9.80 Å². The molecule has 2 amide bonds. The summed E-state index contributed by atoms with van der Waals surface area (Å²) >= 11 is 1.49. The number of aromatic nitrogens is 2. The largest absolute Gasteiger partial charge is 0.339 e. The van der Waals surface area contributed by atoms with Crippen molar-refractivity contribution in [3.05, 3.63) is 22.1 Å². The van der Waals surface area contributed by atoms with Gasteiger partial charge in [-0.15, -0.1) is 0 Å². The third-order valence-electron chi connectivity index (χ3n) is 5.74. The molecule has 1 unspecified atom stereocenters. The van der Waals surface area contributed by atoms with Crippen LogP contribution in [0.1, 0.15) is 39.3 Å². The topological polar surface area (TPSA) is 75.5 Å². The molecule has 8 heteroatoms. The highest BCUT2D eigenvalue weighted by atomic mass is 32.2. The monoisotopic (exact) mass is 404 g/mol. The van der Waals surface area contributed by atoms with E-state index in [1.165, 1.54) is 11.8 Å². The molecule has 0 bridgehead atoms. The highest BCUT2D eigenvalue weighted by molar-refractivity contribution is 7.99. The first kappa shape index (κ1) is 19.5. The zero-order chi connectivity index (χ0) is 20.1. The molecule has 7 nitrogen and oxygen atoms in total. The number of piperazine rings is 1. The second-order valence-electron chi connectivity index (χ2n) is 9.06. The average molecular weight is 405 g/mol. The van der Waals surface area contributed by atoms with E-state index in [9.17, 15) is 14.4 Å². The molecule has 152 valence electrons. The van der Waals surface area contributed by atoms with Crippen LogP contribution >= 0.6 is 11.8 Å². The Kier molecular flexibility index (Phi) is 5.02. The van der Waals surface area contributed by atoms with Crippen LogP contribution in [0.5, 0.6) is 0 Å². The number of hydrogen-bond acceptors (Lipinski definition) is 5. The van der Waals surface area contributed by atoms with Crippen molar-refractivity contribution in [2.45, 2.75) is 50.7 Å². The first-order chi connectivity index (χ1) is 13.2. The summed E-state index contributed by atoms with van der Waals surface area (Å²) in [4.78, 5) is 46.2. The molecule has 2 fully saturated rings. The Bertz CT molecular complexity index is 848. The van der Waals surface area contributed by atoms with Gasteiger partial charge in [0.05, 0.1) is 11.6 Å². The summed E-state index contributed by atoms with van der Waals surface area (Å²) in [5, 5.41) is 0.710. The number of carbonyl (C=O) groups excluding carboxylic acids is 2. The molecule has 3 heterocycles. The molecule has 1 atom stereocenters. The van der Waals surface area contributed by atoms with Crippen molar-refractivity contribution in [1.82, 2.24) is 19.4 Å². The Morgan fingerprint density at radius 3 is 2.14 bits per heavy atom. The Labute approximate surface area is 169 Å². The van der Waals surface area contributed by atoms with Gasteiger partial charge in [0.15, 0.2) is 5.16 Å². The maximum Gasteiger partial charge on any atom is 0.254 e. The lowest BCUT2D eigenvalue weighted by molar-refractivity contribution is -0.142. The van der Waals surface area contributed by atoms with Crippen LogP contribution in [0.15, 0.2) is 16.0 Å². The van der Waals surface area contributed by atoms with Gasteiger partial charge in [0.25, 0.3) is 5.56 Å². The molecule has 0 N–H and O–H groups in total. The molecule has 1 aromatic heterocycles. The van der Waals surface area contributed by atoms with Crippen LogP contribution in [0, 0.1) is 11.8 Å². The molecule has 1 aromatic rings. The molecule has 1 saturated heterocycles. The Balaban J connectivity index is 1.41. The summed E-state index contributed by atoms with van der Waals surface area (Å²) in [6.45, 7) is 8.92. The Hall–Kier alpha value is -1.83. The lowest BCUT2D eigenvalue weighted by Crippen LogP contribution is -2.53. The zero-order valence-electron chi connectivity index (χ0n) is 16.8. The molecular weight excluding hydrogens is 376 g/mol. The van der Waals surface area contributed by atoms with Crippen molar-refractivity contribution in [1.29, 1.82) is 0 Å². The predicted octanol–water partition coefficient (Wildman–Crippen LogP) is 1.34. The second-order valence-corrected chi connectivity index (χ2v) is 10.0. The summed E-state index contributed by atoms with van der Waals surface area (Å²) in [6.07, 6.45) is 2.02. The first-order valence-electron chi connectivity index (χ1n) is 10.1. The van der Waals surface area contributed by atoms with Crippen LogP contribution in [-0.4, -0.2) is 63.1 Å². The van der Waals surface area contributed by atoms with Gasteiger partial charge in [0.2, 0.25) is 11.8 Å². The van der Waals surface area contributed by atoms with Gasteiger partial charge >= 0.3 is 0 Å². The fourth-order valence-corrected chi connectivity index (χ4v) is 4.82. The zero-order valence-corrected chi connectivity index (χ0v) is 17.6. The molecule has 1 saturated carbocycles. The molecule has 28 heavy (non-hydrogen) atoms. The van der Waals surface area contributed by atoms with E-state index in [1.54, 1.807) is 10.6 Å². The fraction of sp³-hybridized carbons (Fsp3) is 0.700. The quantitative estimate of drug-likeness (QED) is 0.696. The van der Waals surface area contributed by atoms with Gasteiger partial charge in [0, 0.05) is 55.9 Å². The molecule has 3 aliphatic rings. The van der Waals surface area contributed by atoms with E-state index in [0.717, 1.165) is 18.5 Å². The van der Waals surface area contributed by atoms with Gasteiger partial charge in [-0.25, -0.2) is 4.98 Å². The number of fused-ring (bicyclic) bond motifs is 1. The maximum absolute atomic E-state index is 13.0. The van der Waals surface area contributed by atoms with Gasteiger partial charge in [-0.05, 0) is 12.8 Å². The number of rotatable bonds is 2. The lowest BCUT2D eigenvalue weighted by atomic mass is 9.92. The summed E-state index contributed by atoms with van der Waals surface area (Å²) in [7, 11) is 0. The predicted molar refractivity (Wildman–Crippen MR) is 107 cm³/mol. The summed E-state index contributed by atoms with van der Waals surface area (Å²) in [5.74, 6) is 0.985. The van der Waals surface area contributed by atoms with Crippen molar-refractivity contribution in [2.75, 3.05) is 31.9 Å². The minimum absolute atomic E-state index is 0.0835. The Morgan fingerprint density at radius 1 is 1.04 bits per heavy atom. The minimum Gasteiger partial charge on any atom is -0.339 e. The van der Waals surface area contributed by atoms with Crippen LogP contribution in [0.4, 0.5) is 0 Å². The van der Waals surface area contributed by atoms with Crippen LogP contribution in [0.3, 0.4) is 0 Å². The van der Waals surface area contributed by atoms with Gasteiger partial charge in [-0.3, -0.25) is 19.0 Å². The summed E-state index contributed by atoms with van der Waals surface area (Å²) in [6, 6.07) is 1.60. The van der Waals surface area contributed by atoms with Crippen molar-refractivity contribution in [3.63, 3.8) is 0 Å². The van der Waals surface area contributed by atoms with Crippen molar-refractivity contribution < 1.29 is 9.59 Å². The SMILES string of the molecule is CC(C)(C)c1cc(=O)n2c(n1)SCC(C(=O)N1CCN(C(=O)C3CC3)CC1)C2. The number of thioether (sulfide) groups is 1. The average Bonchev–Trinajstić information content (AvgIpc) is 3.51. The molecule has 4 rings (SSSR count). The standard InChI is InChI=1S/C20H28N4O3S/c1-20(2,3)15-10-16(25)24-11-14(12-28-19(24)21-15)18(27)23-8-6-22(7-9-23)17(26)13-4-5-13/h10,13-14H,4-9,11-12H2,1-3H3. The highest BCUT2D eigenvalue weighted by Gasteiger charge is 2.37. The van der Waals surface area contributed by atoms with E-state index in [4.69, 9.17) is 0 Å². The summed E-state index contributed by atoms with van der Waals surface area (Å²) < 4.78 is 1.64. The highest BCUT2D eigenvalue weighted by Crippen LogP contribution is 2.32.